The van der Waals surface area contributed by atoms with Gasteiger partial charge in [-0.15, -0.1) is 0 Å². The number of hydrogen-bond acceptors (Lipinski definition) is 3. The molecule has 0 bridgehead atoms. The van der Waals surface area contributed by atoms with Crippen molar-refractivity contribution in [2.45, 2.75) is 6.54 Å². The molecular weight excluding hydrogens is 390 g/mol. The van der Waals surface area contributed by atoms with Gasteiger partial charge in [0.1, 0.15) is 0 Å². The van der Waals surface area contributed by atoms with Gasteiger partial charge in [-0.25, -0.2) is 0 Å². The predicted octanol–water partition coefficient (Wildman–Crippen LogP) is 5.73. The molecule has 3 aromatic rings. The lowest BCUT2D eigenvalue weighted by Gasteiger charge is -2.36. The second kappa shape index (κ2) is 9.63. The number of allylic oxidation sites excluding steroid dienone is 1. The molecule has 1 heterocycles. The molecule has 0 atom stereocenters. The van der Waals surface area contributed by atoms with E-state index in [0.717, 1.165) is 43.9 Å². The average Bonchev–Trinajstić information content (AvgIpc) is 2.80. The van der Waals surface area contributed by atoms with Crippen molar-refractivity contribution in [1.29, 1.82) is 5.26 Å². The standard InChI is InChI=1S/C26H24ClN3/c27-26-9-5-4-8-25(26)23(19-28)18-21-10-12-24(13-11-21)30-16-14-29(15-17-30)20-22-6-2-1-3-7-22/h1-13,18H,14-17,20H2/b23-18+. The largest absolute Gasteiger partial charge is 0.369 e. The Kier molecular flexibility index (Phi) is 6.49. The van der Waals surface area contributed by atoms with Crippen LogP contribution in [0.1, 0.15) is 16.7 Å². The van der Waals surface area contributed by atoms with E-state index in [4.69, 9.17) is 11.6 Å². The summed E-state index contributed by atoms with van der Waals surface area (Å²) >= 11 is 6.25. The third-order valence-electron chi connectivity index (χ3n) is 5.48. The molecule has 0 aromatic heterocycles. The fourth-order valence-electron chi connectivity index (χ4n) is 3.80. The molecule has 0 saturated carbocycles. The highest BCUT2D eigenvalue weighted by Crippen LogP contribution is 2.26. The lowest BCUT2D eigenvalue weighted by atomic mass is 10.0. The number of benzene rings is 3. The van der Waals surface area contributed by atoms with Crippen LogP contribution in [-0.2, 0) is 6.54 Å². The summed E-state index contributed by atoms with van der Waals surface area (Å²) in [6.07, 6.45) is 1.89. The minimum Gasteiger partial charge on any atom is -0.369 e. The maximum Gasteiger partial charge on any atom is 0.0998 e. The molecule has 1 aliphatic heterocycles. The minimum atomic E-state index is 0.572. The molecule has 4 rings (SSSR count). The van der Waals surface area contributed by atoms with E-state index in [1.54, 1.807) is 0 Å². The van der Waals surface area contributed by atoms with Crippen molar-refractivity contribution in [3.63, 3.8) is 0 Å². The van der Waals surface area contributed by atoms with Crippen molar-refractivity contribution in [1.82, 2.24) is 4.90 Å². The van der Waals surface area contributed by atoms with E-state index in [1.165, 1.54) is 11.3 Å². The zero-order chi connectivity index (χ0) is 20.8. The Morgan fingerprint density at radius 2 is 1.53 bits per heavy atom. The summed E-state index contributed by atoms with van der Waals surface area (Å²) in [4.78, 5) is 4.93. The second-order valence-electron chi connectivity index (χ2n) is 7.49. The number of nitrogens with zero attached hydrogens (tertiary/aromatic N) is 3. The zero-order valence-corrected chi connectivity index (χ0v) is 17.6. The normalized spacial score (nSPS) is 15.1. The molecule has 1 saturated heterocycles. The van der Waals surface area contributed by atoms with Crippen molar-refractivity contribution in [2.24, 2.45) is 0 Å². The van der Waals surface area contributed by atoms with Gasteiger partial charge in [0.2, 0.25) is 0 Å². The molecule has 0 radical (unpaired) electrons. The van der Waals surface area contributed by atoms with E-state index in [-0.39, 0.29) is 0 Å². The van der Waals surface area contributed by atoms with Crippen LogP contribution < -0.4 is 4.90 Å². The highest BCUT2D eigenvalue weighted by molar-refractivity contribution is 6.32. The lowest BCUT2D eigenvalue weighted by Crippen LogP contribution is -2.45. The summed E-state index contributed by atoms with van der Waals surface area (Å²) in [6, 6.07) is 28.8. The van der Waals surface area contributed by atoms with Gasteiger partial charge in [-0.1, -0.05) is 72.3 Å². The van der Waals surface area contributed by atoms with Crippen LogP contribution in [-0.4, -0.2) is 31.1 Å². The molecule has 3 nitrogen and oxygen atoms in total. The van der Waals surface area contributed by atoms with Crippen LogP contribution >= 0.6 is 11.6 Å². The number of piperazine rings is 1. The first-order valence-electron chi connectivity index (χ1n) is 10.2. The molecule has 0 spiro atoms. The molecule has 150 valence electrons. The monoisotopic (exact) mass is 413 g/mol. The van der Waals surface area contributed by atoms with Gasteiger partial charge in [-0.2, -0.15) is 5.26 Å². The molecule has 1 aliphatic rings. The van der Waals surface area contributed by atoms with E-state index in [0.29, 0.717) is 10.6 Å². The number of hydrogen-bond donors (Lipinski definition) is 0. The summed E-state index contributed by atoms with van der Waals surface area (Å²) in [6.45, 7) is 5.16. The van der Waals surface area contributed by atoms with Crippen molar-refractivity contribution >= 4 is 28.9 Å². The van der Waals surface area contributed by atoms with E-state index >= 15 is 0 Å². The smallest absolute Gasteiger partial charge is 0.0998 e. The highest BCUT2D eigenvalue weighted by atomic mass is 35.5. The van der Waals surface area contributed by atoms with Crippen LogP contribution in [0.15, 0.2) is 78.9 Å². The minimum absolute atomic E-state index is 0.572. The van der Waals surface area contributed by atoms with Crippen LogP contribution in [0.4, 0.5) is 5.69 Å². The second-order valence-corrected chi connectivity index (χ2v) is 7.90. The average molecular weight is 414 g/mol. The summed E-state index contributed by atoms with van der Waals surface area (Å²) in [5, 5.41) is 10.2. The molecule has 0 aliphatic carbocycles. The molecule has 1 fully saturated rings. The van der Waals surface area contributed by atoms with Crippen molar-refractivity contribution in [3.05, 3.63) is 101 Å². The van der Waals surface area contributed by atoms with Gasteiger partial charge in [0.15, 0.2) is 0 Å². The van der Waals surface area contributed by atoms with Gasteiger partial charge in [-0.3, -0.25) is 4.90 Å². The van der Waals surface area contributed by atoms with E-state index in [1.807, 2.05) is 30.3 Å². The Bertz CT molecular complexity index is 1040. The maximum atomic E-state index is 9.56. The fraction of sp³-hybridized carbons (Fsp3) is 0.192. The molecule has 30 heavy (non-hydrogen) atoms. The third-order valence-corrected chi connectivity index (χ3v) is 5.80. The molecule has 0 N–H and O–H groups in total. The van der Waals surface area contributed by atoms with Crippen LogP contribution in [0, 0.1) is 11.3 Å². The summed E-state index contributed by atoms with van der Waals surface area (Å²) in [5.74, 6) is 0. The van der Waals surface area contributed by atoms with E-state index in [2.05, 4.69) is 70.5 Å². The maximum absolute atomic E-state index is 9.56. The highest BCUT2D eigenvalue weighted by Gasteiger charge is 2.17. The Morgan fingerprint density at radius 3 is 2.20 bits per heavy atom. The Labute approximate surface area is 183 Å². The van der Waals surface area contributed by atoms with Gasteiger partial charge < -0.3 is 4.90 Å². The summed E-state index contributed by atoms with van der Waals surface area (Å²) in [7, 11) is 0. The van der Waals surface area contributed by atoms with Gasteiger partial charge in [0.05, 0.1) is 11.6 Å². The van der Waals surface area contributed by atoms with Crippen molar-refractivity contribution < 1.29 is 0 Å². The first kappa shape index (κ1) is 20.2. The Morgan fingerprint density at radius 1 is 0.867 bits per heavy atom. The van der Waals surface area contributed by atoms with E-state index < -0.39 is 0 Å². The molecular formula is C26H24ClN3. The van der Waals surface area contributed by atoms with Gasteiger partial charge in [0.25, 0.3) is 0 Å². The number of rotatable bonds is 5. The predicted molar refractivity (Wildman–Crippen MR) is 125 cm³/mol. The van der Waals surface area contributed by atoms with Gasteiger partial charge in [-0.05, 0) is 35.4 Å². The SMILES string of the molecule is N#C/C(=C\c1ccc(N2CCN(Cc3ccccc3)CC2)cc1)c1ccccc1Cl. The molecule has 3 aromatic carbocycles. The van der Waals surface area contributed by atoms with Crippen LogP contribution in [0.3, 0.4) is 0 Å². The fourth-order valence-corrected chi connectivity index (χ4v) is 4.04. The summed E-state index contributed by atoms with van der Waals surface area (Å²) in [5.41, 5.74) is 4.93. The van der Waals surface area contributed by atoms with Crippen LogP contribution in [0.5, 0.6) is 0 Å². The van der Waals surface area contributed by atoms with Gasteiger partial charge in [0, 0.05) is 49.0 Å². The number of anilines is 1. The quantitative estimate of drug-likeness (QED) is 0.395. The van der Waals surface area contributed by atoms with Gasteiger partial charge >= 0.3 is 0 Å². The first-order valence-corrected chi connectivity index (χ1v) is 10.6. The Hall–Kier alpha value is -3.06. The zero-order valence-electron chi connectivity index (χ0n) is 16.8. The van der Waals surface area contributed by atoms with E-state index in [9.17, 15) is 5.26 Å². The molecule has 4 heteroatoms. The van der Waals surface area contributed by atoms with Crippen LogP contribution in [0.25, 0.3) is 11.6 Å². The Balaban J connectivity index is 1.39. The molecule has 0 amide bonds. The molecule has 0 unspecified atom stereocenters. The number of nitriles is 1. The van der Waals surface area contributed by atoms with Crippen LogP contribution in [0.2, 0.25) is 5.02 Å². The third kappa shape index (κ3) is 4.91. The topological polar surface area (TPSA) is 30.3 Å². The number of halogens is 1. The first-order chi connectivity index (χ1) is 14.7. The van der Waals surface area contributed by atoms with Crippen molar-refractivity contribution in [2.75, 3.05) is 31.1 Å². The van der Waals surface area contributed by atoms with Crippen molar-refractivity contribution in [3.8, 4) is 6.07 Å². The lowest BCUT2D eigenvalue weighted by molar-refractivity contribution is 0.250. The summed E-state index contributed by atoms with van der Waals surface area (Å²) < 4.78 is 0.